The summed E-state index contributed by atoms with van der Waals surface area (Å²) in [5, 5.41) is 18.5. The zero-order valence-electron chi connectivity index (χ0n) is 27.3. The minimum Gasteiger partial charge on any atom is -0.507 e. The third-order valence-corrected chi connectivity index (χ3v) is 8.86. The van der Waals surface area contributed by atoms with Crippen molar-refractivity contribution >= 4 is 21.8 Å². The van der Waals surface area contributed by atoms with Gasteiger partial charge in [0.15, 0.2) is 0 Å². The van der Waals surface area contributed by atoms with Crippen LogP contribution in [0, 0.1) is 0 Å². The number of aromatic hydroxyl groups is 1. The standard InChI is InChI=1S/C42H39N3O/c1-41(2,3)30-18-21-38(46)35(26-30)40-34-15-10-11-17-37(34)45(44-40)31-24-28(27-13-8-7-9-14-27)23-29(25-31)32-19-20-36(42(4,5)6)33-16-12-22-43-39(32)33/h7-26,46H,1-6H3. The van der Waals surface area contributed by atoms with Crippen molar-refractivity contribution in [2.75, 3.05) is 0 Å². The quantitative estimate of drug-likeness (QED) is 0.218. The highest BCUT2D eigenvalue weighted by molar-refractivity contribution is 5.98. The van der Waals surface area contributed by atoms with E-state index in [2.05, 4.69) is 120 Å². The van der Waals surface area contributed by atoms with Gasteiger partial charge < -0.3 is 5.11 Å². The molecule has 0 spiro atoms. The fraction of sp³-hybridized carbons (Fsp3) is 0.190. The molecular weight excluding hydrogens is 562 g/mol. The number of hydrogen-bond donors (Lipinski definition) is 1. The first-order valence-electron chi connectivity index (χ1n) is 15.9. The Hall–Kier alpha value is -5.22. The van der Waals surface area contributed by atoms with Crippen molar-refractivity contribution < 1.29 is 5.11 Å². The highest BCUT2D eigenvalue weighted by Gasteiger charge is 2.22. The van der Waals surface area contributed by atoms with Gasteiger partial charge in [-0.2, -0.15) is 5.10 Å². The van der Waals surface area contributed by atoms with E-state index in [1.54, 1.807) is 6.07 Å². The number of pyridine rings is 1. The Bertz CT molecular complexity index is 2230. The maximum Gasteiger partial charge on any atom is 0.125 e. The fourth-order valence-electron chi connectivity index (χ4n) is 6.40. The van der Waals surface area contributed by atoms with E-state index in [1.807, 2.05) is 41.2 Å². The van der Waals surface area contributed by atoms with Crippen LogP contribution in [0.1, 0.15) is 52.7 Å². The predicted octanol–water partition coefficient (Wildman–Crippen LogP) is 10.9. The molecule has 4 nitrogen and oxygen atoms in total. The first kappa shape index (κ1) is 29.5. The second-order valence-electron chi connectivity index (χ2n) is 14.2. The topological polar surface area (TPSA) is 50.9 Å². The number of hydrogen-bond acceptors (Lipinski definition) is 3. The van der Waals surface area contributed by atoms with Crippen LogP contribution < -0.4 is 0 Å². The van der Waals surface area contributed by atoms with E-state index in [0.717, 1.165) is 61.2 Å². The van der Waals surface area contributed by atoms with E-state index in [4.69, 9.17) is 10.1 Å². The van der Waals surface area contributed by atoms with Crippen molar-refractivity contribution in [2.24, 2.45) is 0 Å². The van der Waals surface area contributed by atoms with Gasteiger partial charge in [-0.3, -0.25) is 4.98 Å². The summed E-state index contributed by atoms with van der Waals surface area (Å²) in [6.45, 7) is 13.3. The summed E-state index contributed by atoms with van der Waals surface area (Å²) in [5.74, 6) is 0.221. The lowest BCUT2D eigenvalue weighted by Crippen LogP contribution is -2.12. The lowest BCUT2D eigenvalue weighted by atomic mass is 9.83. The normalized spacial score (nSPS) is 12.2. The molecule has 0 aliphatic carbocycles. The molecule has 0 fully saturated rings. The molecule has 0 saturated heterocycles. The second kappa shape index (κ2) is 11.0. The fourth-order valence-corrected chi connectivity index (χ4v) is 6.40. The van der Waals surface area contributed by atoms with Gasteiger partial charge in [0.05, 0.1) is 16.7 Å². The molecule has 0 atom stereocenters. The molecule has 0 unspecified atom stereocenters. The van der Waals surface area contributed by atoms with Crippen molar-refractivity contribution in [3.05, 3.63) is 133 Å². The lowest BCUT2D eigenvalue weighted by molar-refractivity contribution is 0.476. The molecule has 0 aliphatic rings. The van der Waals surface area contributed by atoms with E-state index < -0.39 is 0 Å². The number of benzene rings is 5. The van der Waals surface area contributed by atoms with Crippen molar-refractivity contribution in [2.45, 2.75) is 52.4 Å². The third-order valence-electron chi connectivity index (χ3n) is 8.86. The van der Waals surface area contributed by atoms with Crippen molar-refractivity contribution in [3.63, 3.8) is 0 Å². The first-order chi connectivity index (χ1) is 22.0. The van der Waals surface area contributed by atoms with Crippen molar-refractivity contribution in [1.82, 2.24) is 14.8 Å². The third kappa shape index (κ3) is 5.24. The first-order valence-corrected chi connectivity index (χ1v) is 15.9. The van der Waals surface area contributed by atoms with E-state index in [0.29, 0.717) is 0 Å². The van der Waals surface area contributed by atoms with Crippen LogP contribution in [0.5, 0.6) is 5.75 Å². The second-order valence-corrected chi connectivity index (χ2v) is 14.2. The van der Waals surface area contributed by atoms with Gasteiger partial charge in [-0.1, -0.05) is 114 Å². The molecule has 0 aliphatic heterocycles. The smallest absolute Gasteiger partial charge is 0.125 e. The highest BCUT2D eigenvalue weighted by Crippen LogP contribution is 2.40. The maximum absolute atomic E-state index is 11.1. The van der Waals surface area contributed by atoms with Crippen LogP contribution in [0.2, 0.25) is 0 Å². The predicted molar refractivity (Wildman–Crippen MR) is 192 cm³/mol. The van der Waals surface area contributed by atoms with Crippen LogP contribution in [0.25, 0.3) is 61.0 Å². The maximum atomic E-state index is 11.1. The van der Waals surface area contributed by atoms with E-state index >= 15 is 0 Å². The van der Waals surface area contributed by atoms with Gasteiger partial charge in [-0.25, -0.2) is 4.68 Å². The Morgan fingerprint density at radius 1 is 0.587 bits per heavy atom. The number of aromatic nitrogens is 3. The molecule has 0 amide bonds. The summed E-state index contributed by atoms with van der Waals surface area (Å²) in [6.07, 6.45) is 1.88. The Morgan fingerprint density at radius 2 is 1.30 bits per heavy atom. The van der Waals surface area contributed by atoms with E-state index in [-0.39, 0.29) is 16.6 Å². The number of fused-ring (bicyclic) bond motifs is 2. The summed E-state index contributed by atoms with van der Waals surface area (Å²) in [4.78, 5) is 4.92. The average molecular weight is 602 g/mol. The largest absolute Gasteiger partial charge is 0.507 e. The number of para-hydroxylation sites is 1. The Balaban J connectivity index is 1.50. The van der Waals surface area contributed by atoms with E-state index in [9.17, 15) is 5.11 Å². The molecule has 7 rings (SSSR count). The van der Waals surface area contributed by atoms with Crippen LogP contribution in [0.4, 0.5) is 0 Å². The lowest BCUT2D eigenvalue weighted by Gasteiger charge is -2.22. The van der Waals surface area contributed by atoms with Crippen LogP contribution in [0.3, 0.4) is 0 Å². The Labute approximate surface area is 271 Å². The molecule has 7 aromatic rings. The summed E-state index contributed by atoms with van der Waals surface area (Å²) < 4.78 is 2.02. The summed E-state index contributed by atoms with van der Waals surface area (Å²) in [7, 11) is 0. The van der Waals surface area contributed by atoms with Gasteiger partial charge in [0.2, 0.25) is 0 Å². The minimum absolute atomic E-state index is 0.0168. The molecule has 0 radical (unpaired) electrons. The average Bonchev–Trinajstić information content (AvgIpc) is 3.43. The van der Waals surface area contributed by atoms with Crippen molar-refractivity contribution in [1.29, 1.82) is 0 Å². The molecule has 2 aromatic heterocycles. The van der Waals surface area contributed by atoms with Gasteiger partial charge in [0.1, 0.15) is 11.4 Å². The van der Waals surface area contributed by atoms with Gasteiger partial charge >= 0.3 is 0 Å². The van der Waals surface area contributed by atoms with Crippen LogP contribution in [-0.4, -0.2) is 19.9 Å². The summed E-state index contributed by atoms with van der Waals surface area (Å²) >= 11 is 0. The van der Waals surface area contributed by atoms with Gasteiger partial charge in [0.25, 0.3) is 0 Å². The monoisotopic (exact) mass is 601 g/mol. The minimum atomic E-state index is -0.0704. The molecule has 2 heterocycles. The number of rotatable bonds is 4. The molecule has 46 heavy (non-hydrogen) atoms. The Morgan fingerprint density at radius 3 is 2.07 bits per heavy atom. The van der Waals surface area contributed by atoms with Crippen molar-refractivity contribution in [3.8, 4) is 44.9 Å². The van der Waals surface area contributed by atoms with E-state index in [1.165, 1.54) is 10.9 Å². The number of phenols is 1. The molecule has 4 heteroatoms. The zero-order valence-corrected chi connectivity index (χ0v) is 27.3. The SMILES string of the molecule is CC(C)(C)c1ccc(O)c(-c2nn(-c3cc(-c4ccccc4)cc(-c4ccc(C(C)(C)C)c5cccnc45)c3)c3ccccc23)c1. The number of phenolic OH excluding ortho intramolecular Hbond substituents is 1. The van der Waals surface area contributed by atoms with Crippen LogP contribution in [-0.2, 0) is 10.8 Å². The van der Waals surface area contributed by atoms with Gasteiger partial charge in [-0.15, -0.1) is 0 Å². The molecule has 5 aromatic carbocycles. The highest BCUT2D eigenvalue weighted by atomic mass is 16.3. The zero-order chi connectivity index (χ0) is 32.2. The number of nitrogens with zero attached hydrogens (tertiary/aromatic N) is 3. The molecule has 1 N–H and O–H groups in total. The van der Waals surface area contributed by atoms with Gasteiger partial charge in [-0.05, 0) is 81.1 Å². The Kier molecular flexibility index (Phi) is 7.05. The van der Waals surface area contributed by atoms with Crippen LogP contribution >= 0.6 is 0 Å². The molecule has 228 valence electrons. The molecular formula is C42H39N3O. The summed E-state index contributed by atoms with van der Waals surface area (Å²) in [6, 6.07) is 39.9. The molecule has 0 bridgehead atoms. The van der Waals surface area contributed by atoms with Crippen LogP contribution in [0.15, 0.2) is 121 Å². The molecule has 0 saturated carbocycles. The summed E-state index contributed by atoms with van der Waals surface area (Å²) in [5.41, 5.74) is 11.1. The van der Waals surface area contributed by atoms with Gasteiger partial charge in [0, 0.05) is 28.1 Å².